The van der Waals surface area contributed by atoms with E-state index in [9.17, 15) is 0 Å². The van der Waals surface area contributed by atoms with Gasteiger partial charge in [-0.2, -0.15) is 0 Å². The Morgan fingerprint density at radius 2 is 1.94 bits per heavy atom. The molecule has 0 spiro atoms. The number of nitrogens with zero attached hydrogens (tertiary/aromatic N) is 1. The molecule has 0 saturated heterocycles. The Morgan fingerprint density at radius 3 is 2.78 bits per heavy atom. The minimum Gasteiger partial charge on any atom is -0.381 e. The number of benzene rings is 2. The fraction of sp³-hybridized carbons (Fsp3) is 0.250. The highest BCUT2D eigenvalue weighted by atomic mass is 15.1. The third kappa shape index (κ3) is 2.19. The molecule has 1 heterocycles. The number of nitrogens with one attached hydrogen (secondary N) is 1. The monoisotopic (exact) mass is 238 g/mol. The molecule has 0 atom stereocenters. The van der Waals surface area contributed by atoms with Crippen molar-refractivity contribution in [1.82, 2.24) is 0 Å². The normalized spacial score (nSPS) is 13.5. The van der Waals surface area contributed by atoms with Crippen molar-refractivity contribution in [3.63, 3.8) is 0 Å². The van der Waals surface area contributed by atoms with Crippen LogP contribution in [0.15, 0.2) is 48.5 Å². The lowest BCUT2D eigenvalue weighted by molar-refractivity contribution is 0.956. The van der Waals surface area contributed by atoms with Crippen LogP contribution < -0.4 is 10.2 Å². The summed E-state index contributed by atoms with van der Waals surface area (Å²) in [6, 6.07) is 17.2. The molecule has 0 aliphatic carbocycles. The Bertz CT molecular complexity index is 534. The first-order valence-corrected chi connectivity index (χ1v) is 6.45. The molecule has 0 fully saturated rings. The number of anilines is 2. The Morgan fingerprint density at radius 1 is 1.11 bits per heavy atom. The van der Waals surface area contributed by atoms with Gasteiger partial charge in [-0.15, -0.1) is 0 Å². The number of likely N-dealkylation sites (N-methyl/N-ethyl adjacent to an activating group) is 1. The molecule has 0 aromatic heterocycles. The van der Waals surface area contributed by atoms with Gasteiger partial charge in [0, 0.05) is 31.5 Å². The first kappa shape index (κ1) is 11.1. The van der Waals surface area contributed by atoms with Gasteiger partial charge in [0.1, 0.15) is 0 Å². The first-order chi connectivity index (χ1) is 8.83. The van der Waals surface area contributed by atoms with Gasteiger partial charge in [-0.25, -0.2) is 0 Å². The maximum atomic E-state index is 3.49. The summed E-state index contributed by atoms with van der Waals surface area (Å²) in [6.07, 6.45) is 1.16. The van der Waals surface area contributed by atoms with Crippen LogP contribution in [0.1, 0.15) is 11.1 Å². The first-order valence-electron chi connectivity index (χ1n) is 6.45. The van der Waals surface area contributed by atoms with Crippen molar-refractivity contribution in [2.24, 2.45) is 0 Å². The van der Waals surface area contributed by atoms with Gasteiger partial charge in [-0.05, 0) is 35.7 Å². The summed E-state index contributed by atoms with van der Waals surface area (Å²) >= 11 is 0. The zero-order chi connectivity index (χ0) is 12.4. The molecule has 2 nitrogen and oxygen atoms in total. The second-order valence-electron chi connectivity index (χ2n) is 4.85. The minimum atomic E-state index is 0.884. The highest BCUT2D eigenvalue weighted by Crippen LogP contribution is 2.29. The van der Waals surface area contributed by atoms with E-state index in [1.165, 1.54) is 22.5 Å². The lowest BCUT2D eigenvalue weighted by atomic mass is 10.1. The van der Waals surface area contributed by atoms with Gasteiger partial charge in [0.15, 0.2) is 0 Å². The van der Waals surface area contributed by atoms with Gasteiger partial charge in [-0.1, -0.05) is 30.3 Å². The third-order valence-electron chi connectivity index (χ3n) is 3.55. The summed E-state index contributed by atoms with van der Waals surface area (Å²) in [5.41, 5.74) is 5.36. The van der Waals surface area contributed by atoms with Crippen LogP contribution in [0.4, 0.5) is 11.4 Å². The summed E-state index contributed by atoms with van der Waals surface area (Å²) in [6.45, 7) is 2.02. The largest absolute Gasteiger partial charge is 0.381 e. The maximum Gasteiger partial charge on any atom is 0.0400 e. The topological polar surface area (TPSA) is 15.3 Å². The number of hydrogen-bond donors (Lipinski definition) is 1. The Labute approximate surface area is 108 Å². The van der Waals surface area contributed by atoms with Crippen LogP contribution in [0.5, 0.6) is 0 Å². The van der Waals surface area contributed by atoms with E-state index in [4.69, 9.17) is 0 Å². The van der Waals surface area contributed by atoms with Gasteiger partial charge in [-0.3, -0.25) is 0 Å². The van der Waals surface area contributed by atoms with E-state index in [0.717, 1.165) is 19.5 Å². The van der Waals surface area contributed by atoms with Crippen LogP contribution in [0, 0.1) is 0 Å². The van der Waals surface area contributed by atoms with E-state index in [1.54, 1.807) is 0 Å². The average Bonchev–Trinajstić information content (AvgIpc) is 2.79. The van der Waals surface area contributed by atoms with Crippen molar-refractivity contribution in [1.29, 1.82) is 0 Å². The van der Waals surface area contributed by atoms with Crippen molar-refractivity contribution in [3.05, 3.63) is 59.7 Å². The molecule has 2 aromatic rings. The van der Waals surface area contributed by atoms with E-state index in [0.29, 0.717) is 0 Å². The fourth-order valence-corrected chi connectivity index (χ4v) is 2.48. The molecule has 0 bridgehead atoms. The van der Waals surface area contributed by atoms with Crippen LogP contribution in [0.3, 0.4) is 0 Å². The van der Waals surface area contributed by atoms with E-state index in [-0.39, 0.29) is 0 Å². The fourth-order valence-electron chi connectivity index (χ4n) is 2.48. The van der Waals surface area contributed by atoms with Gasteiger partial charge < -0.3 is 10.2 Å². The molecule has 2 aromatic carbocycles. The van der Waals surface area contributed by atoms with E-state index in [2.05, 4.69) is 65.8 Å². The Balaban J connectivity index is 1.71. The summed E-state index contributed by atoms with van der Waals surface area (Å²) in [5.74, 6) is 0. The third-order valence-corrected chi connectivity index (χ3v) is 3.55. The second kappa shape index (κ2) is 4.73. The average molecular weight is 238 g/mol. The SMILES string of the molecule is CN1CCc2cc(NCc3ccccc3)ccc21. The zero-order valence-electron chi connectivity index (χ0n) is 10.7. The number of fused-ring (bicyclic) bond motifs is 1. The van der Waals surface area contributed by atoms with Gasteiger partial charge >= 0.3 is 0 Å². The molecular formula is C16H18N2. The lowest BCUT2D eigenvalue weighted by Crippen LogP contribution is -2.12. The van der Waals surface area contributed by atoms with Crippen molar-refractivity contribution in [3.8, 4) is 0 Å². The summed E-state index contributed by atoms with van der Waals surface area (Å²) < 4.78 is 0. The van der Waals surface area contributed by atoms with Crippen molar-refractivity contribution >= 4 is 11.4 Å². The van der Waals surface area contributed by atoms with Crippen LogP contribution in [-0.4, -0.2) is 13.6 Å². The van der Waals surface area contributed by atoms with Crippen molar-refractivity contribution in [2.75, 3.05) is 23.8 Å². The molecule has 1 aliphatic heterocycles. The van der Waals surface area contributed by atoms with Crippen LogP contribution in [-0.2, 0) is 13.0 Å². The maximum absolute atomic E-state index is 3.49. The highest BCUT2D eigenvalue weighted by molar-refractivity contribution is 5.63. The summed E-state index contributed by atoms with van der Waals surface area (Å²) in [7, 11) is 2.16. The molecule has 92 valence electrons. The van der Waals surface area contributed by atoms with Crippen LogP contribution in [0.2, 0.25) is 0 Å². The minimum absolute atomic E-state index is 0.884. The van der Waals surface area contributed by atoms with E-state index >= 15 is 0 Å². The molecule has 0 saturated carbocycles. The molecule has 0 unspecified atom stereocenters. The van der Waals surface area contributed by atoms with E-state index < -0.39 is 0 Å². The lowest BCUT2D eigenvalue weighted by Gasteiger charge is -2.13. The molecule has 2 heteroatoms. The standard InChI is InChI=1S/C16H18N2/c1-18-10-9-14-11-15(7-8-16(14)18)17-12-13-5-3-2-4-6-13/h2-8,11,17H,9-10,12H2,1H3. The molecule has 0 radical (unpaired) electrons. The number of hydrogen-bond acceptors (Lipinski definition) is 2. The summed E-state index contributed by atoms with van der Waals surface area (Å²) in [5, 5.41) is 3.49. The predicted octanol–water partition coefficient (Wildman–Crippen LogP) is 3.29. The molecule has 0 amide bonds. The van der Waals surface area contributed by atoms with Crippen molar-refractivity contribution in [2.45, 2.75) is 13.0 Å². The second-order valence-corrected chi connectivity index (χ2v) is 4.85. The molecule has 18 heavy (non-hydrogen) atoms. The van der Waals surface area contributed by atoms with Gasteiger partial charge in [0.2, 0.25) is 0 Å². The van der Waals surface area contributed by atoms with Gasteiger partial charge in [0.25, 0.3) is 0 Å². The summed E-state index contributed by atoms with van der Waals surface area (Å²) in [4.78, 5) is 2.32. The van der Waals surface area contributed by atoms with E-state index in [1.807, 2.05) is 0 Å². The molecular weight excluding hydrogens is 220 g/mol. The quantitative estimate of drug-likeness (QED) is 0.882. The molecule has 1 N–H and O–H groups in total. The predicted molar refractivity (Wildman–Crippen MR) is 77.2 cm³/mol. The van der Waals surface area contributed by atoms with Crippen LogP contribution in [0.25, 0.3) is 0 Å². The number of rotatable bonds is 3. The van der Waals surface area contributed by atoms with Crippen molar-refractivity contribution < 1.29 is 0 Å². The molecule has 1 aliphatic rings. The Kier molecular flexibility index (Phi) is 2.93. The Hall–Kier alpha value is -1.96. The highest BCUT2D eigenvalue weighted by Gasteiger charge is 2.15. The van der Waals surface area contributed by atoms with Gasteiger partial charge in [0.05, 0.1) is 0 Å². The molecule has 3 rings (SSSR count). The zero-order valence-corrected chi connectivity index (χ0v) is 10.7. The van der Waals surface area contributed by atoms with Crippen LogP contribution >= 0.6 is 0 Å². The smallest absolute Gasteiger partial charge is 0.0400 e.